The van der Waals surface area contributed by atoms with Gasteiger partial charge in [-0.25, -0.2) is 9.37 Å². The van der Waals surface area contributed by atoms with Crippen LogP contribution in [-0.4, -0.2) is 25.9 Å². The van der Waals surface area contributed by atoms with E-state index in [-0.39, 0.29) is 17.4 Å². The molecule has 0 saturated carbocycles. The smallest absolute Gasteiger partial charge is 0.295 e. The second-order valence-electron chi connectivity index (χ2n) is 6.17. The van der Waals surface area contributed by atoms with E-state index in [2.05, 4.69) is 25.6 Å². The molecule has 9 heteroatoms. The van der Waals surface area contributed by atoms with Crippen molar-refractivity contribution in [2.45, 2.75) is 26.3 Å². The number of pyridine rings is 1. The number of hydrogen-bond acceptors (Lipinski definition) is 7. The van der Waals surface area contributed by atoms with Gasteiger partial charge < -0.3 is 10.6 Å². The molecule has 3 rings (SSSR count). The molecule has 0 aliphatic heterocycles. The molecule has 0 amide bonds. The summed E-state index contributed by atoms with van der Waals surface area (Å²) in [4.78, 5) is 23.8. The van der Waals surface area contributed by atoms with E-state index in [1.54, 1.807) is 24.4 Å². The van der Waals surface area contributed by atoms with Gasteiger partial charge in [0.25, 0.3) is 5.69 Å². The molecule has 0 fully saturated rings. The Morgan fingerprint density at radius 3 is 2.68 bits per heavy atom. The molecule has 1 aromatic carbocycles. The first-order chi connectivity index (χ1) is 13.5. The Labute approximate surface area is 161 Å². The van der Waals surface area contributed by atoms with Gasteiger partial charge >= 0.3 is 0 Å². The average Bonchev–Trinajstić information content (AvgIpc) is 2.69. The standard InChI is InChI=1S/C19H19FN6O2/c1-3-12(2)22-19-24-16(14-6-4-5-9-21-14)11-18(25-19)23-15-8-7-13(20)10-17(15)26(27)28/h4-12H,3H2,1-2H3,(H2,22,23,24,25)/t12-/m0/s1. The van der Waals surface area contributed by atoms with Crippen molar-refractivity contribution in [2.24, 2.45) is 0 Å². The van der Waals surface area contributed by atoms with Crippen molar-refractivity contribution in [3.8, 4) is 11.4 Å². The molecule has 2 heterocycles. The summed E-state index contributed by atoms with van der Waals surface area (Å²) in [6.45, 7) is 4.02. The second-order valence-corrected chi connectivity index (χ2v) is 6.17. The van der Waals surface area contributed by atoms with E-state index < -0.39 is 10.7 Å². The van der Waals surface area contributed by atoms with Crippen LogP contribution in [0.3, 0.4) is 0 Å². The first-order valence-corrected chi connectivity index (χ1v) is 8.74. The van der Waals surface area contributed by atoms with E-state index in [9.17, 15) is 14.5 Å². The van der Waals surface area contributed by atoms with Crippen LogP contribution in [0.5, 0.6) is 0 Å². The molecule has 1 atom stereocenters. The Morgan fingerprint density at radius 2 is 2.00 bits per heavy atom. The number of nitrogens with one attached hydrogen (secondary N) is 2. The van der Waals surface area contributed by atoms with Gasteiger partial charge in [0.2, 0.25) is 5.95 Å². The monoisotopic (exact) mass is 382 g/mol. The van der Waals surface area contributed by atoms with Gasteiger partial charge in [-0.05, 0) is 37.6 Å². The Bertz CT molecular complexity index is 983. The quantitative estimate of drug-likeness (QED) is 0.456. The van der Waals surface area contributed by atoms with Gasteiger partial charge in [0.15, 0.2) is 0 Å². The molecular weight excluding hydrogens is 363 g/mol. The van der Waals surface area contributed by atoms with Crippen molar-refractivity contribution < 1.29 is 9.31 Å². The summed E-state index contributed by atoms with van der Waals surface area (Å²) in [6.07, 6.45) is 2.51. The predicted molar refractivity (Wildman–Crippen MR) is 105 cm³/mol. The molecule has 3 aromatic rings. The van der Waals surface area contributed by atoms with Crippen LogP contribution in [-0.2, 0) is 0 Å². The van der Waals surface area contributed by atoms with Crippen molar-refractivity contribution in [3.05, 3.63) is 64.6 Å². The van der Waals surface area contributed by atoms with Crippen molar-refractivity contribution in [1.82, 2.24) is 15.0 Å². The van der Waals surface area contributed by atoms with Crippen molar-refractivity contribution in [1.29, 1.82) is 0 Å². The van der Waals surface area contributed by atoms with Gasteiger partial charge in [-0.2, -0.15) is 4.98 Å². The Hall–Kier alpha value is -3.62. The lowest BCUT2D eigenvalue weighted by Gasteiger charge is -2.14. The van der Waals surface area contributed by atoms with Crippen LogP contribution in [0.25, 0.3) is 11.4 Å². The van der Waals surface area contributed by atoms with E-state index in [0.29, 0.717) is 23.2 Å². The van der Waals surface area contributed by atoms with E-state index in [1.165, 1.54) is 6.07 Å². The average molecular weight is 382 g/mol. The zero-order valence-corrected chi connectivity index (χ0v) is 15.4. The highest BCUT2D eigenvalue weighted by atomic mass is 19.1. The van der Waals surface area contributed by atoms with Gasteiger partial charge in [-0.3, -0.25) is 15.1 Å². The fourth-order valence-corrected chi connectivity index (χ4v) is 2.44. The Morgan fingerprint density at radius 1 is 1.18 bits per heavy atom. The summed E-state index contributed by atoms with van der Waals surface area (Å²) in [5.41, 5.74) is 0.934. The molecule has 0 saturated heterocycles. The van der Waals surface area contributed by atoms with E-state index in [1.807, 2.05) is 19.9 Å². The van der Waals surface area contributed by atoms with Crippen LogP contribution in [0.4, 0.5) is 27.5 Å². The summed E-state index contributed by atoms with van der Waals surface area (Å²) in [6, 6.07) is 10.5. The first kappa shape index (κ1) is 19.2. The summed E-state index contributed by atoms with van der Waals surface area (Å²) >= 11 is 0. The van der Waals surface area contributed by atoms with E-state index >= 15 is 0 Å². The van der Waals surface area contributed by atoms with E-state index in [4.69, 9.17) is 0 Å². The molecule has 0 radical (unpaired) electrons. The van der Waals surface area contributed by atoms with Gasteiger partial charge in [-0.15, -0.1) is 0 Å². The van der Waals surface area contributed by atoms with Gasteiger partial charge in [0.1, 0.15) is 17.3 Å². The topological polar surface area (TPSA) is 106 Å². The maximum absolute atomic E-state index is 13.4. The molecule has 0 aliphatic carbocycles. The van der Waals surface area contributed by atoms with Crippen LogP contribution in [0.1, 0.15) is 20.3 Å². The van der Waals surface area contributed by atoms with Gasteiger partial charge in [0, 0.05) is 18.3 Å². The minimum Gasteiger partial charge on any atom is -0.352 e. The van der Waals surface area contributed by atoms with E-state index in [0.717, 1.165) is 18.6 Å². The number of nitro benzene ring substituents is 1. The van der Waals surface area contributed by atoms with Crippen molar-refractivity contribution >= 4 is 23.1 Å². The molecule has 2 N–H and O–H groups in total. The summed E-state index contributed by atoms with van der Waals surface area (Å²) in [5.74, 6) is 0.00849. The summed E-state index contributed by atoms with van der Waals surface area (Å²) in [7, 11) is 0. The van der Waals surface area contributed by atoms with Gasteiger partial charge in [0.05, 0.1) is 22.4 Å². The highest BCUT2D eigenvalue weighted by Gasteiger charge is 2.17. The molecule has 0 unspecified atom stereocenters. The zero-order chi connectivity index (χ0) is 20.1. The summed E-state index contributed by atoms with van der Waals surface area (Å²) < 4.78 is 13.4. The number of benzene rings is 1. The fraction of sp³-hybridized carbons (Fsp3) is 0.211. The highest BCUT2D eigenvalue weighted by Crippen LogP contribution is 2.29. The lowest BCUT2D eigenvalue weighted by Crippen LogP contribution is -2.16. The molecule has 0 spiro atoms. The third kappa shape index (κ3) is 4.56. The number of rotatable bonds is 7. The number of halogens is 1. The second kappa shape index (κ2) is 8.38. The first-order valence-electron chi connectivity index (χ1n) is 8.74. The summed E-state index contributed by atoms with van der Waals surface area (Å²) in [5, 5.41) is 17.3. The van der Waals surface area contributed by atoms with Crippen LogP contribution in [0.15, 0.2) is 48.7 Å². The molecule has 2 aromatic heterocycles. The Balaban J connectivity index is 2.03. The van der Waals surface area contributed by atoms with Crippen molar-refractivity contribution in [2.75, 3.05) is 10.6 Å². The van der Waals surface area contributed by atoms with Crippen LogP contribution in [0.2, 0.25) is 0 Å². The number of nitro groups is 1. The molecule has 28 heavy (non-hydrogen) atoms. The number of hydrogen-bond donors (Lipinski definition) is 2. The zero-order valence-electron chi connectivity index (χ0n) is 15.4. The lowest BCUT2D eigenvalue weighted by molar-refractivity contribution is -0.384. The minimum absolute atomic E-state index is 0.131. The maximum atomic E-state index is 13.4. The minimum atomic E-state index is -0.687. The molecule has 0 aliphatic rings. The lowest BCUT2D eigenvalue weighted by atomic mass is 10.2. The molecular formula is C19H19FN6O2. The predicted octanol–water partition coefficient (Wildman–Crippen LogP) is 4.54. The van der Waals surface area contributed by atoms with Crippen LogP contribution in [0, 0.1) is 15.9 Å². The van der Waals surface area contributed by atoms with Gasteiger partial charge in [-0.1, -0.05) is 13.0 Å². The molecule has 8 nitrogen and oxygen atoms in total. The number of nitrogens with zero attached hydrogens (tertiary/aromatic N) is 4. The third-order valence-electron chi connectivity index (χ3n) is 4.06. The highest BCUT2D eigenvalue weighted by molar-refractivity contribution is 5.70. The normalized spacial score (nSPS) is 11.7. The largest absolute Gasteiger partial charge is 0.352 e. The Kier molecular flexibility index (Phi) is 5.73. The van der Waals surface area contributed by atoms with Crippen LogP contribution >= 0.6 is 0 Å². The number of aromatic nitrogens is 3. The molecule has 0 bridgehead atoms. The number of anilines is 3. The SMILES string of the molecule is CC[C@H](C)Nc1nc(Nc2ccc(F)cc2[N+](=O)[O-])cc(-c2ccccn2)n1. The molecule has 144 valence electrons. The van der Waals surface area contributed by atoms with Crippen LogP contribution < -0.4 is 10.6 Å². The fourth-order valence-electron chi connectivity index (χ4n) is 2.44. The third-order valence-corrected chi connectivity index (χ3v) is 4.06. The maximum Gasteiger partial charge on any atom is 0.295 e. The van der Waals surface area contributed by atoms with Crippen molar-refractivity contribution in [3.63, 3.8) is 0 Å².